The van der Waals surface area contributed by atoms with E-state index in [0.717, 1.165) is 10.9 Å². The predicted octanol–water partition coefficient (Wildman–Crippen LogP) is 3.95. The van der Waals surface area contributed by atoms with Crippen LogP contribution in [0.2, 0.25) is 5.02 Å². The minimum atomic E-state index is -0.829. The lowest BCUT2D eigenvalue weighted by Gasteiger charge is -2.03. The van der Waals surface area contributed by atoms with E-state index in [1.807, 2.05) is 17.5 Å². The summed E-state index contributed by atoms with van der Waals surface area (Å²) in [6, 6.07) is 7.40. The summed E-state index contributed by atoms with van der Waals surface area (Å²) < 4.78 is 23.5. The fourth-order valence-corrected chi connectivity index (χ4v) is 2.49. The number of thiophene rings is 1. The first kappa shape index (κ1) is 14.7. The Morgan fingerprint density at radius 3 is 3.00 bits per heavy atom. The smallest absolute Gasteiger partial charge is 0.341 e. The van der Waals surface area contributed by atoms with Crippen molar-refractivity contribution in [2.24, 2.45) is 0 Å². The SMILES string of the molecule is O=C(OCc1nc(-c2cccs2)no1)c1ccc(Cl)cc1F. The van der Waals surface area contributed by atoms with E-state index in [0.29, 0.717) is 5.82 Å². The molecule has 2 heterocycles. The van der Waals surface area contributed by atoms with Crippen LogP contribution in [-0.2, 0) is 11.3 Å². The van der Waals surface area contributed by atoms with Crippen LogP contribution in [0.25, 0.3) is 10.7 Å². The molecule has 3 aromatic rings. The second kappa shape index (κ2) is 6.25. The van der Waals surface area contributed by atoms with Gasteiger partial charge in [0.15, 0.2) is 6.61 Å². The van der Waals surface area contributed by atoms with Crippen molar-refractivity contribution in [3.63, 3.8) is 0 Å². The largest absolute Gasteiger partial charge is 0.452 e. The van der Waals surface area contributed by atoms with E-state index >= 15 is 0 Å². The molecule has 0 saturated carbocycles. The zero-order chi connectivity index (χ0) is 15.5. The van der Waals surface area contributed by atoms with E-state index in [9.17, 15) is 9.18 Å². The normalized spacial score (nSPS) is 10.6. The topological polar surface area (TPSA) is 65.2 Å². The molecule has 0 bridgehead atoms. The number of carbonyl (C=O) groups excluding carboxylic acids is 1. The van der Waals surface area contributed by atoms with E-state index < -0.39 is 11.8 Å². The molecular weight excluding hydrogens is 331 g/mol. The van der Waals surface area contributed by atoms with Gasteiger partial charge >= 0.3 is 5.97 Å². The molecule has 0 amide bonds. The Morgan fingerprint density at radius 1 is 1.41 bits per heavy atom. The van der Waals surface area contributed by atoms with Gasteiger partial charge in [-0.15, -0.1) is 11.3 Å². The van der Waals surface area contributed by atoms with Gasteiger partial charge in [-0.05, 0) is 29.6 Å². The number of esters is 1. The van der Waals surface area contributed by atoms with Crippen LogP contribution >= 0.6 is 22.9 Å². The van der Waals surface area contributed by atoms with Crippen LogP contribution in [0.4, 0.5) is 4.39 Å². The fraction of sp³-hybridized carbons (Fsp3) is 0.0714. The zero-order valence-electron chi connectivity index (χ0n) is 11.0. The standard InChI is InChI=1S/C14H8ClFN2O3S/c15-8-3-4-9(10(16)6-8)14(19)20-7-12-17-13(18-21-12)11-2-1-5-22-11/h1-6H,7H2. The van der Waals surface area contributed by atoms with Crippen molar-refractivity contribution < 1.29 is 18.4 Å². The number of hydrogen-bond donors (Lipinski definition) is 0. The summed E-state index contributed by atoms with van der Waals surface area (Å²) in [5.74, 6) is -1.03. The molecule has 0 fully saturated rings. The first-order valence-corrected chi connectivity index (χ1v) is 7.38. The van der Waals surface area contributed by atoms with Crippen LogP contribution in [0.5, 0.6) is 0 Å². The number of hydrogen-bond acceptors (Lipinski definition) is 6. The monoisotopic (exact) mass is 338 g/mol. The molecule has 8 heteroatoms. The van der Waals surface area contributed by atoms with Crippen LogP contribution in [0, 0.1) is 5.82 Å². The number of benzene rings is 1. The minimum absolute atomic E-state index is 0.131. The Bertz CT molecular complexity index is 804. The molecule has 0 N–H and O–H groups in total. The van der Waals surface area contributed by atoms with Gasteiger partial charge < -0.3 is 9.26 Å². The summed E-state index contributed by atoms with van der Waals surface area (Å²) in [6.45, 7) is -0.237. The molecule has 112 valence electrons. The van der Waals surface area contributed by atoms with Crippen molar-refractivity contribution in [1.29, 1.82) is 0 Å². The number of halogens is 2. The van der Waals surface area contributed by atoms with Crippen molar-refractivity contribution in [1.82, 2.24) is 10.1 Å². The molecule has 5 nitrogen and oxygen atoms in total. The maximum Gasteiger partial charge on any atom is 0.341 e. The van der Waals surface area contributed by atoms with Crippen molar-refractivity contribution >= 4 is 28.9 Å². The first-order chi connectivity index (χ1) is 10.6. The second-order valence-corrected chi connectivity index (χ2v) is 5.57. The molecule has 0 spiro atoms. The summed E-state index contributed by atoms with van der Waals surface area (Å²) in [4.78, 5) is 16.7. The lowest BCUT2D eigenvalue weighted by molar-refractivity contribution is 0.0424. The highest BCUT2D eigenvalue weighted by Gasteiger charge is 2.16. The molecule has 0 saturated heterocycles. The molecule has 22 heavy (non-hydrogen) atoms. The van der Waals surface area contributed by atoms with Crippen LogP contribution in [0.15, 0.2) is 40.2 Å². The summed E-state index contributed by atoms with van der Waals surface area (Å²) >= 11 is 7.08. The average molecular weight is 339 g/mol. The first-order valence-electron chi connectivity index (χ1n) is 6.12. The van der Waals surface area contributed by atoms with Gasteiger partial charge in [-0.3, -0.25) is 0 Å². The minimum Gasteiger partial charge on any atom is -0.452 e. The van der Waals surface area contributed by atoms with E-state index in [4.69, 9.17) is 20.9 Å². The highest BCUT2D eigenvalue weighted by molar-refractivity contribution is 7.13. The van der Waals surface area contributed by atoms with Gasteiger partial charge in [-0.25, -0.2) is 9.18 Å². The van der Waals surface area contributed by atoms with E-state index in [-0.39, 0.29) is 23.1 Å². The fourth-order valence-electron chi connectivity index (χ4n) is 1.68. The third-order valence-electron chi connectivity index (χ3n) is 2.69. The Hall–Kier alpha value is -2.25. The Labute approximate surface area is 133 Å². The molecule has 1 aromatic carbocycles. The zero-order valence-corrected chi connectivity index (χ0v) is 12.5. The summed E-state index contributed by atoms with van der Waals surface area (Å²) in [5.41, 5.74) is -0.206. The molecule has 0 atom stereocenters. The molecule has 0 aliphatic heterocycles. The Balaban J connectivity index is 1.66. The van der Waals surface area contributed by atoms with E-state index in [2.05, 4.69) is 10.1 Å². The molecule has 0 aliphatic carbocycles. The maximum atomic E-state index is 13.6. The van der Waals surface area contributed by atoms with Crippen molar-refractivity contribution in [2.75, 3.05) is 0 Å². The summed E-state index contributed by atoms with van der Waals surface area (Å²) in [6.07, 6.45) is 0. The quantitative estimate of drug-likeness (QED) is 0.674. The predicted molar refractivity (Wildman–Crippen MR) is 78.1 cm³/mol. The number of rotatable bonds is 4. The van der Waals surface area contributed by atoms with Crippen molar-refractivity contribution in [3.8, 4) is 10.7 Å². The van der Waals surface area contributed by atoms with Gasteiger partial charge in [-0.1, -0.05) is 22.8 Å². The van der Waals surface area contributed by atoms with Gasteiger partial charge in [-0.2, -0.15) is 4.98 Å². The van der Waals surface area contributed by atoms with Crippen molar-refractivity contribution in [2.45, 2.75) is 6.61 Å². The molecule has 3 rings (SSSR count). The number of aromatic nitrogens is 2. The molecule has 0 unspecified atom stereocenters. The van der Waals surface area contributed by atoms with E-state index in [1.54, 1.807) is 0 Å². The molecule has 2 aromatic heterocycles. The average Bonchev–Trinajstić information content (AvgIpc) is 3.16. The number of carbonyl (C=O) groups is 1. The van der Waals surface area contributed by atoms with Crippen LogP contribution < -0.4 is 0 Å². The van der Waals surface area contributed by atoms with Gasteiger partial charge in [0.1, 0.15) is 5.82 Å². The summed E-state index contributed by atoms with van der Waals surface area (Å²) in [7, 11) is 0. The summed E-state index contributed by atoms with van der Waals surface area (Å²) in [5, 5.41) is 5.86. The Morgan fingerprint density at radius 2 is 2.27 bits per heavy atom. The maximum absolute atomic E-state index is 13.6. The molecule has 0 aliphatic rings. The molecule has 0 radical (unpaired) electrons. The van der Waals surface area contributed by atoms with Gasteiger partial charge in [0.05, 0.1) is 10.4 Å². The highest BCUT2D eigenvalue weighted by Crippen LogP contribution is 2.21. The third-order valence-corrected chi connectivity index (χ3v) is 3.79. The van der Waals surface area contributed by atoms with Gasteiger partial charge in [0, 0.05) is 5.02 Å². The van der Waals surface area contributed by atoms with E-state index in [1.165, 1.54) is 23.5 Å². The van der Waals surface area contributed by atoms with Gasteiger partial charge in [0.25, 0.3) is 5.89 Å². The lowest BCUT2D eigenvalue weighted by atomic mass is 10.2. The third kappa shape index (κ3) is 3.15. The lowest BCUT2D eigenvalue weighted by Crippen LogP contribution is -2.07. The van der Waals surface area contributed by atoms with Crippen molar-refractivity contribution in [3.05, 3.63) is 58.0 Å². The highest BCUT2D eigenvalue weighted by atomic mass is 35.5. The Kier molecular flexibility index (Phi) is 4.17. The number of nitrogens with zero attached hydrogens (tertiary/aromatic N) is 2. The van der Waals surface area contributed by atoms with Gasteiger partial charge in [0.2, 0.25) is 5.82 Å². The van der Waals surface area contributed by atoms with Crippen LogP contribution in [-0.4, -0.2) is 16.1 Å². The molecular formula is C14H8ClFN2O3S. The van der Waals surface area contributed by atoms with Crippen LogP contribution in [0.3, 0.4) is 0 Å². The van der Waals surface area contributed by atoms with Crippen LogP contribution in [0.1, 0.15) is 16.2 Å². The number of ether oxygens (including phenoxy) is 1. The second-order valence-electron chi connectivity index (χ2n) is 4.19.